The van der Waals surface area contributed by atoms with E-state index < -0.39 is 11.8 Å². The highest BCUT2D eigenvalue weighted by molar-refractivity contribution is 6.30. The number of hydrogen-bond acceptors (Lipinski definition) is 3. The second-order valence-electron chi connectivity index (χ2n) is 6.43. The molecule has 0 saturated carbocycles. The largest absolute Gasteiger partial charge is 0.450 e. The number of nitrogens with one attached hydrogen (secondary N) is 2. The van der Waals surface area contributed by atoms with Gasteiger partial charge in [-0.15, -0.1) is 0 Å². The van der Waals surface area contributed by atoms with Crippen molar-refractivity contribution in [1.29, 1.82) is 0 Å². The summed E-state index contributed by atoms with van der Waals surface area (Å²) in [4.78, 5) is 27.8. The van der Waals surface area contributed by atoms with E-state index in [1.807, 2.05) is 25.1 Å². The summed E-state index contributed by atoms with van der Waals surface area (Å²) in [5.74, 6) is -1.08. The molecular formula is C21H16ClN3O3. The molecule has 4 aromatic rings. The van der Waals surface area contributed by atoms with Gasteiger partial charge in [-0.1, -0.05) is 11.6 Å². The number of H-pyrrole nitrogens is 1. The number of nitrogens with two attached hydrogens (primary N) is 1. The van der Waals surface area contributed by atoms with Crippen LogP contribution in [0.1, 0.15) is 26.6 Å². The van der Waals surface area contributed by atoms with Gasteiger partial charge in [-0.25, -0.2) is 0 Å². The summed E-state index contributed by atoms with van der Waals surface area (Å²) in [6, 6.07) is 15.8. The normalized spacial score (nSPS) is 10.9. The summed E-state index contributed by atoms with van der Waals surface area (Å²) in [6.07, 6.45) is 0. The first-order valence-corrected chi connectivity index (χ1v) is 8.89. The van der Waals surface area contributed by atoms with E-state index in [0.29, 0.717) is 22.0 Å². The molecule has 0 radical (unpaired) electrons. The second kappa shape index (κ2) is 6.90. The van der Waals surface area contributed by atoms with Crippen LogP contribution in [0.4, 0.5) is 5.69 Å². The van der Waals surface area contributed by atoms with Crippen LogP contribution in [0.5, 0.6) is 0 Å². The molecule has 0 bridgehead atoms. The minimum atomic E-state index is -0.745. The van der Waals surface area contributed by atoms with Gasteiger partial charge in [0.25, 0.3) is 11.8 Å². The van der Waals surface area contributed by atoms with E-state index in [2.05, 4.69) is 10.3 Å². The summed E-state index contributed by atoms with van der Waals surface area (Å²) >= 11 is 5.90. The first-order valence-electron chi connectivity index (χ1n) is 8.51. The molecule has 0 saturated heterocycles. The van der Waals surface area contributed by atoms with Crippen molar-refractivity contribution in [2.45, 2.75) is 6.92 Å². The van der Waals surface area contributed by atoms with Crippen molar-refractivity contribution in [3.63, 3.8) is 0 Å². The van der Waals surface area contributed by atoms with Gasteiger partial charge in [-0.05, 0) is 61.5 Å². The van der Waals surface area contributed by atoms with Crippen molar-refractivity contribution in [2.24, 2.45) is 5.73 Å². The number of aromatic amines is 1. The van der Waals surface area contributed by atoms with Crippen LogP contribution in [0.25, 0.3) is 22.2 Å². The van der Waals surface area contributed by atoms with Crippen molar-refractivity contribution < 1.29 is 14.0 Å². The molecule has 2 heterocycles. The molecule has 0 aliphatic rings. The zero-order valence-electron chi connectivity index (χ0n) is 14.9. The summed E-state index contributed by atoms with van der Waals surface area (Å²) in [7, 11) is 0. The molecule has 0 aliphatic heterocycles. The van der Waals surface area contributed by atoms with Crippen LogP contribution in [-0.4, -0.2) is 16.8 Å². The lowest BCUT2D eigenvalue weighted by atomic mass is 10.1. The minimum Gasteiger partial charge on any atom is -0.450 e. The molecular weight excluding hydrogens is 378 g/mol. The predicted molar refractivity (Wildman–Crippen MR) is 109 cm³/mol. The maximum absolute atomic E-state index is 12.7. The maximum atomic E-state index is 12.7. The van der Waals surface area contributed by atoms with Crippen LogP contribution in [0.2, 0.25) is 5.02 Å². The Bertz CT molecular complexity index is 1210. The average molecular weight is 394 g/mol. The number of anilines is 1. The minimum absolute atomic E-state index is 0.0148. The van der Waals surface area contributed by atoms with E-state index in [-0.39, 0.29) is 11.3 Å². The average Bonchev–Trinajstić information content (AvgIpc) is 3.25. The number of primary amides is 1. The molecule has 0 spiro atoms. The Labute approximate surface area is 165 Å². The van der Waals surface area contributed by atoms with Crippen LogP contribution in [0.15, 0.2) is 59.0 Å². The summed E-state index contributed by atoms with van der Waals surface area (Å²) in [5, 5.41) is 4.29. The van der Waals surface area contributed by atoms with Crippen LogP contribution in [0.3, 0.4) is 0 Å². The van der Waals surface area contributed by atoms with E-state index in [1.54, 1.807) is 30.3 Å². The molecule has 0 aliphatic carbocycles. The van der Waals surface area contributed by atoms with E-state index in [0.717, 1.165) is 16.6 Å². The zero-order valence-corrected chi connectivity index (χ0v) is 15.6. The number of carbonyl (C=O) groups is 2. The van der Waals surface area contributed by atoms with Crippen LogP contribution < -0.4 is 11.1 Å². The van der Waals surface area contributed by atoms with E-state index in [4.69, 9.17) is 21.8 Å². The van der Waals surface area contributed by atoms with Crippen molar-refractivity contribution in [1.82, 2.24) is 4.98 Å². The highest BCUT2D eigenvalue weighted by atomic mass is 35.5. The predicted octanol–water partition coefficient (Wildman–Crippen LogP) is 4.74. The second-order valence-corrected chi connectivity index (χ2v) is 6.87. The Morgan fingerprint density at radius 2 is 1.82 bits per heavy atom. The lowest BCUT2D eigenvalue weighted by Crippen LogP contribution is -2.18. The van der Waals surface area contributed by atoms with Gasteiger partial charge in [0, 0.05) is 32.9 Å². The van der Waals surface area contributed by atoms with Crippen LogP contribution >= 0.6 is 11.6 Å². The Kier molecular flexibility index (Phi) is 4.41. The highest BCUT2D eigenvalue weighted by Gasteiger charge is 2.23. The first-order chi connectivity index (χ1) is 13.4. The molecule has 140 valence electrons. The molecule has 4 N–H and O–H groups in total. The molecule has 6 nitrogen and oxygen atoms in total. The standard InChI is InChI=1S/C21H16ClN3O3/c1-11-8-13-9-15(6-7-17(13)24-11)25-21(27)19-16(20(23)26)10-18(28-19)12-2-4-14(22)5-3-12/h2-10,24H,1H3,(H2,23,26)(H,25,27). The maximum Gasteiger partial charge on any atom is 0.292 e. The van der Waals surface area contributed by atoms with E-state index in [9.17, 15) is 9.59 Å². The Hall–Kier alpha value is -3.51. The van der Waals surface area contributed by atoms with Gasteiger partial charge < -0.3 is 20.5 Å². The van der Waals surface area contributed by atoms with E-state index >= 15 is 0 Å². The molecule has 7 heteroatoms. The monoisotopic (exact) mass is 393 g/mol. The molecule has 0 unspecified atom stereocenters. The van der Waals surface area contributed by atoms with Gasteiger partial charge in [-0.2, -0.15) is 0 Å². The van der Waals surface area contributed by atoms with Crippen LogP contribution in [-0.2, 0) is 0 Å². The quantitative estimate of drug-likeness (QED) is 0.466. The molecule has 4 rings (SSSR count). The van der Waals surface area contributed by atoms with Gasteiger partial charge in [0.1, 0.15) is 5.76 Å². The number of benzene rings is 2. The smallest absolute Gasteiger partial charge is 0.292 e. The molecule has 2 aromatic carbocycles. The number of aryl methyl sites for hydroxylation is 1. The van der Waals surface area contributed by atoms with Crippen molar-refractivity contribution in [3.8, 4) is 11.3 Å². The fourth-order valence-electron chi connectivity index (χ4n) is 3.04. The highest BCUT2D eigenvalue weighted by Crippen LogP contribution is 2.28. The number of fused-ring (bicyclic) bond motifs is 1. The lowest BCUT2D eigenvalue weighted by Gasteiger charge is -2.04. The van der Waals surface area contributed by atoms with E-state index in [1.165, 1.54) is 6.07 Å². The third kappa shape index (κ3) is 3.37. The number of carbonyl (C=O) groups excluding carboxylic acids is 2. The van der Waals surface area contributed by atoms with Gasteiger partial charge in [0.2, 0.25) is 5.76 Å². The fraction of sp³-hybridized carbons (Fsp3) is 0.0476. The number of amides is 2. The number of halogens is 1. The van der Waals surface area contributed by atoms with Crippen molar-refractivity contribution >= 4 is 40.0 Å². The SMILES string of the molecule is Cc1cc2cc(NC(=O)c3oc(-c4ccc(Cl)cc4)cc3C(N)=O)ccc2[nH]1. The number of aromatic nitrogens is 1. The summed E-state index contributed by atoms with van der Waals surface area (Å²) in [5.41, 5.74) is 8.70. The molecule has 28 heavy (non-hydrogen) atoms. The number of rotatable bonds is 4. The summed E-state index contributed by atoms with van der Waals surface area (Å²) in [6.45, 7) is 1.96. The van der Waals surface area contributed by atoms with Gasteiger partial charge in [0.15, 0.2) is 0 Å². The summed E-state index contributed by atoms with van der Waals surface area (Å²) < 4.78 is 5.67. The zero-order chi connectivity index (χ0) is 19.8. The Balaban J connectivity index is 1.67. The van der Waals surface area contributed by atoms with Crippen LogP contribution in [0, 0.1) is 6.92 Å². The van der Waals surface area contributed by atoms with Gasteiger partial charge >= 0.3 is 0 Å². The molecule has 2 aromatic heterocycles. The lowest BCUT2D eigenvalue weighted by molar-refractivity contribution is 0.0962. The number of furan rings is 1. The van der Waals surface area contributed by atoms with Gasteiger partial charge in [0.05, 0.1) is 5.56 Å². The Morgan fingerprint density at radius 3 is 2.54 bits per heavy atom. The molecule has 0 fully saturated rings. The third-order valence-electron chi connectivity index (χ3n) is 4.35. The van der Waals surface area contributed by atoms with Crippen molar-refractivity contribution in [3.05, 3.63) is 76.6 Å². The molecule has 2 amide bonds. The fourth-order valence-corrected chi connectivity index (χ4v) is 3.17. The first kappa shape index (κ1) is 17.9. The topological polar surface area (TPSA) is 101 Å². The third-order valence-corrected chi connectivity index (χ3v) is 4.60. The Morgan fingerprint density at radius 1 is 1.07 bits per heavy atom. The molecule has 0 atom stereocenters. The van der Waals surface area contributed by atoms with Crippen molar-refractivity contribution in [2.75, 3.05) is 5.32 Å². The number of hydrogen-bond donors (Lipinski definition) is 3. The van der Waals surface area contributed by atoms with Gasteiger partial charge in [-0.3, -0.25) is 9.59 Å².